The lowest BCUT2D eigenvalue weighted by atomic mass is 10.2. The van der Waals surface area contributed by atoms with Gasteiger partial charge in [0.2, 0.25) is 0 Å². The Morgan fingerprint density at radius 2 is 1.90 bits per heavy atom. The van der Waals surface area contributed by atoms with Crippen LogP contribution >= 0.6 is 39.1 Å². The van der Waals surface area contributed by atoms with Gasteiger partial charge in [0.25, 0.3) is 5.91 Å². The van der Waals surface area contributed by atoms with E-state index in [1.165, 1.54) is 6.20 Å². The van der Waals surface area contributed by atoms with Crippen molar-refractivity contribution in [2.24, 2.45) is 0 Å². The van der Waals surface area contributed by atoms with Crippen LogP contribution in [0, 0.1) is 0 Å². The van der Waals surface area contributed by atoms with E-state index < -0.39 is 0 Å². The molecular weight excluding hydrogens is 363 g/mol. The van der Waals surface area contributed by atoms with Gasteiger partial charge < -0.3 is 4.90 Å². The van der Waals surface area contributed by atoms with E-state index in [0.717, 1.165) is 5.56 Å². The van der Waals surface area contributed by atoms with E-state index in [-0.39, 0.29) is 5.91 Å². The number of hydrogen-bond acceptors (Lipinski definition) is 2. The Bertz CT molecular complexity index is 611. The summed E-state index contributed by atoms with van der Waals surface area (Å²) in [6.07, 6.45) is 1.54. The van der Waals surface area contributed by atoms with Gasteiger partial charge in [-0.3, -0.25) is 4.79 Å². The third-order valence-electron chi connectivity index (χ3n) is 2.66. The van der Waals surface area contributed by atoms with Gasteiger partial charge in [-0.25, -0.2) is 4.98 Å². The van der Waals surface area contributed by atoms with Gasteiger partial charge in [0.1, 0.15) is 4.60 Å². The van der Waals surface area contributed by atoms with E-state index in [1.54, 1.807) is 42.3 Å². The first-order valence-electron chi connectivity index (χ1n) is 5.77. The average molecular weight is 374 g/mol. The molecule has 1 heterocycles. The van der Waals surface area contributed by atoms with Crippen molar-refractivity contribution in [2.75, 3.05) is 7.05 Å². The maximum atomic E-state index is 12.2. The van der Waals surface area contributed by atoms with E-state index in [4.69, 9.17) is 23.2 Å². The largest absolute Gasteiger partial charge is 0.337 e. The summed E-state index contributed by atoms with van der Waals surface area (Å²) < 4.78 is 0.693. The molecule has 0 unspecified atom stereocenters. The van der Waals surface area contributed by atoms with Crippen LogP contribution in [-0.4, -0.2) is 22.8 Å². The first-order chi connectivity index (χ1) is 9.45. The average Bonchev–Trinajstić information content (AvgIpc) is 2.37. The van der Waals surface area contributed by atoms with Crippen LogP contribution in [0.15, 0.2) is 41.1 Å². The van der Waals surface area contributed by atoms with Crippen LogP contribution in [0.5, 0.6) is 0 Å². The number of halogens is 3. The molecule has 0 saturated carbocycles. The third-order valence-corrected chi connectivity index (χ3v) is 3.57. The Morgan fingerprint density at radius 1 is 1.25 bits per heavy atom. The number of carbonyl (C=O) groups is 1. The predicted octanol–water partition coefficient (Wildman–Crippen LogP) is 4.42. The standard InChI is InChI=1S/C14H11BrCl2N2O/c1-19(8-9-4-11(16)6-12(17)5-9)14(20)10-2-3-13(15)18-7-10/h2-7H,8H2,1H3. The molecule has 104 valence electrons. The molecule has 0 radical (unpaired) electrons. The van der Waals surface area contributed by atoms with Crippen LogP contribution in [-0.2, 0) is 6.54 Å². The summed E-state index contributed by atoms with van der Waals surface area (Å²) in [7, 11) is 1.72. The highest BCUT2D eigenvalue weighted by molar-refractivity contribution is 9.10. The van der Waals surface area contributed by atoms with Crippen molar-refractivity contribution in [2.45, 2.75) is 6.54 Å². The predicted molar refractivity (Wildman–Crippen MR) is 84.2 cm³/mol. The maximum absolute atomic E-state index is 12.2. The zero-order chi connectivity index (χ0) is 14.7. The second kappa shape index (κ2) is 6.57. The van der Waals surface area contributed by atoms with Crippen LogP contribution in [0.3, 0.4) is 0 Å². The summed E-state index contributed by atoms with van der Waals surface area (Å²) in [5, 5.41) is 1.11. The molecule has 0 fully saturated rings. The van der Waals surface area contributed by atoms with Crippen LogP contribution in [0.4, 0.5) is 0 Å². The van der Waals surface area contributed by atoms with Gasteiger partial charge in [-0.1, -0.05) is 23.2 Å². The number of pyridine rings is 1. The van der Waals surface area contributed by atoms with Crippen molar-refractivity contribution < 1.29 is 4.79 Å². The second-order valence-electron chi connectivity index (χ2n) is 4.31. The molecule has 0 atom stereocenters. The van der Waals surface area contributed by atoms with E-state index in [1.807, 2.05) is 0 Å². The number of benzene rings is 1. The molecule has 0 spiro atoms. The number of hydrogen-bond donors (Lipinski definition) is 0. The zero-order valence-electron chi connectivity index (χ0n) is 10.6. The summed E-state index contributed by atoms with van der Waals surface area (Å²) >= 11 is 15.1. The van der Waals surface area contributed by atoms with Gasteiger partial charge in [-0.15, -0.1) is 0 Å². The highest BCUT2D eigenvalue weighted by Crippen LogP contribution is 2.20. The van der Waals surface area contributed by atoms with Gasteiger partial charge >= 0.3 is 0 Å². The number of nitrogens with zero attached hydrogens (tertiary/aromatic N) is 2. The topological polar surface area (TPSA) is 33.2 Å². The molecule has 0 bridgehead atoms. The molecule has 1 amide bonds. The molecule has 0 aliphatic heterocycles. The van der Waals surface area contributed by atoms with Gasteiger partial charge in [0, 0.05) is 29.8 Å². The van der Waals surface area contributed by atoms with Crippen LogP contribution in [0.25, 0.3) is 0 Å². The molecule has 6 heteroatoms. The van der Waals surface area contributed by atoms with E-state index >= 15 is 0 Å². The molecule has 0 N–H and O–H groups in total. The fraction of sp³-hybridized carbons (Fsp3) is 0.143. The van der Waals surface area contributed by atoms with Gasteiger partial charge in [0.15, 0.2) is 0 Å². The Morgan fingerprint density at radius 3 is 2.45 bits per heavy atom. The van der Waals surface area contributed by atoms with E-state index in [0.29, 0.717) is 26.8 Å². The molecule has 1 aromatic carbocycles. The third kappa shape index (κ3) is 3.95. The summed E-state index contributed by atoms with van der Waals surface area (Å²) in [6, 6.07) is 8.69. The van der Waals surface area contributed by atoms with Gasteiger partial charge in [-0.2, -0.15) is 0 Å². The highest BCUT2D eigenvalue weighted by atomic mass is 79.9. The van der Waals surface area contributed by atoms with Crippen LogP contribution in [0.2, 0.25) is 10.0 Å². The first kappa shape index (κ1) is 15.3. The smallest absolute Gasteiger partial charge is 0.255 e. The first-order valence-corrected chi connectivity index (χ1v) is 7.32. The molecule has 3 nitrogen and oxygen atoms in total. The van der Waals surface area contributed by atoms with Crippen molar-refractivity contribution in [1.82, 2.24) is 9.88 Å². The minimum Gasteiger partial charge on any atom is -0.337 e. The van der Waals surface area contributed by atoms with Gasteiger partial charge in [-0.05, 0) is 51.8 Å². The maximum Gasteiger partial charge on any atom is 0.255 e. The molecule has 2 aromatic rings. The minimum absolute atomic E-state index is 0.110. The van der Waals surface area contributed by atoms with Crippen LogP contribution < -0.4 is 0 Å². The number of aromatic nitrogens is 1. The van der Waals surface area contributed by atoms with Crippen LogP contribution in [0.1, 0.15) is 15.9 Å². The Hall–Kier alpha value is -1.10. The summed E-state index contributed by atoms with van der Waals surface area (Å²) in [5.41, 5.74) is 1.41. The monoisotopic (exact) mass is 372 g/mol. The Kier molecular flexibility index (Phi) is 5.02. The van der Waals surface area contributed by atoms with Crippen molar-refractivity contribution >= 4 is 45.0 Å². The van der Waals surface area contributed by atoms with E-state index in [2.05, 4.69) is 20.9 Å². The molecule has 20 heavy (non-hydrogen) atoms. The summed E-state index contributed by atoms with van der Waals surface area (Å²) in [6.45, 7) is 0.426. The molecule has 0 aliphatic carbocycles. The van der Waals surface area contributed by atoms with Crippen molar-refractivity contribution in [3.8, 4) is 0 Å². The zero-order valence-corrected chi connectivity index (χ0v) is 13.7. The van der Waals surface area contributed by atoms with Crippen molar-refractivity contribution in [1.29, 1.82) is 0 Å². The highest BCUT2D eigenvalue weighted by Gasteiger charge is 2.13. The molecule has 0 saturated heterocycles. The number of carbonyl (C=O) groups excluding carboxylic acids is 1. The van der Waals surface area contributed by atoms with E-state index in [9.17, 15) is 4.79 Å². The Labute approximate surface area is 135 Å². The summed E-state index contributed by atoms with van der Waals surface area (Å²) in [5.74, 6) is -0.110. The molecule has 0 aliphatic rings. The molecule has 2 rings (SSSR count). The summed E-state index contributed by atoms with van der Waals surface area (Å²) in [4.78, 5) is 17.9. The fourth-order valence-corrected chi connectivity index (χ4v) is 2.58. The molecule has 1 aromatic heterocycles. The van der Waals surface area contributed by atoms with Crippen molar-refractivity contribution in [3.05, 3.63) is 62.3 Å². The lowest BCUT2D eigenvalue weighted by molar-refractivity contribution is 0.0784. The Balaban J connectivity index is 2.13. The molecular formula is C14H11BrCl2N2O. The van der Waals surface area contributed by atoms with Crippen molar-refractivity contribution in [3.63, 3.8) is 0 Å². The minimum atomic E-state index is -0.110. The quantitative estimate of drug-likeness (QED) is 0.746. The number of rotatable bonds is 3. The lowest BCUT2D eigenvalue weighted by Gasteiger charge is -2.17. The lowest BCUT2D eigenvalue weighted by Crippen LogP contribution is -2.26. The van der Waals surface area contributed by atoms with Gasteiger partial charge in [0.05, 0.1) is 5.56 Å². The number of amides is 1. The fourth-order valence-electron chi connectivity index (χ4n) is 1.77. The SMILES string of the molecule is CN(Cc1cc(Cl)cc(Cl)c1)C(=O)c1ccc(Br)nc1. The second-order valence-corrected chi connectivity index (χ2v) is 5.99. The normalized spacial score (nSPS) is 10.4.